The van der Waals surface area contributed by atoms with Crippen molar-refractivity contribution in [3.05, 3.63) is 36.1 Å². The molecule has 0 radical (unpaired) electrons. The Labute approximate surface area is 82.0 Å². The van der Waals surface area contributed by atoms with Crippen molar-refractivity contribution >= 4 is 0 Å². The summed E-state index contributed by atoms with van der Waals surface area (Å²) >= 11 is 0. The van der Waals surface area contributed by atoms with Gasteiger partial charge < -0.3 is 5.73 Å². The van der Waals surface area contributed by atoms with E-state index in [0.717, 1.165) is 12.1 Å². The highest BCUT2D eigenvalue weighted by molar-refractivity contribution is 5.22. The van der Waals surface area contributed by atoms with Crippen LogP contribution < -0.4 is 5.73 Å². The Kier molecular flexibility index (Phi) is 6.03. The van der Waals surface area contributed by atoms with Gasteiger partial charge in [-0.25, -0.2) is 0 Å². The Bertz CT molecular complexity index is 211. The minimum absolute atomic E-state index is 0.652. The fourth-order valence-electron chi connectivity index (χ4n) is 1.16. The molecular weight excluding hydrogens is 158 g/mol. The van der Waals surface area contributed by atoms with E-state index in [9.17, 15) is 0 Å². The van der Waals surface area contributed by atoms with Crippen LogP contribution in [0.2, 0.25) is 0 Å². The number of hydrogen-bond acceptors (Lipinski definition) is 1. The molecule has 0 rings (SSSR count). The van der Waals surface area contributed by atoms with Crippen LogP contribution in [-0.4, -0.2) is 0 Å². The van der Waals surface area contributed by atoms with E-state index in [1.54, 1.807) is 6.08 Å². The van der Waals surface area contributed by atoms with Crippen LogP contribution in [0.25, 0.3) is 0 Å². The molecule has 1 nitrogen and oxygen atoms in total. The van der Waals surface area contributed by atoms with Crippen molar-refractivity contribution in [3.63, 3.8) is 0 Å². The molecule has 0 saturated heterocycles. The summed E-state index contributed by atoms with van der Waals surface area (Å²) < 4.78 is 0. The molecule has 0 aromatic carbocycles. The molecule has 0 heterocycles. The summed E-state index contributed by atoms with van der Waals surface area (Å²) in [5.41, 5.74) is 7.80. The van der Waals surface area contributed by atoms with Gasteiger partial charge in [0.15, 0.2) is 0 Å². The molecule has 0 bridgehead atoms. The minimum atomic E-state index is 0.652. The van der Waals surface area contributed by atoms with Crippen molar-refractivity contribution in [3.8, 4) is 0 Å². The first-order valence-electron chi connectivity index (χ1n) is 4.94. The van der Waals surface area contributed by atoms with Crippen LogP contribution in [0.1, 0.15) is 33.6 Å². The lowest BCUT2D eigenvalue weighted by Gasteiger charge is -2.10. The van der Waals surface area contributed by atoms with Crippen molar-refractivity contribution in [1.82, 2.24) is 0 Å². The molecule has 2 N–H and O–H groups in total. The summed E-state index contributed by atoms with van der Waals surface area (Å²) in [5.74, 6) is 0.652. The van der Waals surface area contributed by atoms with Crippen LogP contribution in [0.3, 0.4) is 0 Å². The van der Waals surface area contributed by atoms with Gasteiger partial charge in [0.05, 0.1) is 0 Å². The molecule has 0 amide bonds. The highest BCUT2D eigenvalue weighted by atomic mass is 14.5. The molecule has 13 heavy (non-hydrogen) atoms. The Morgan fingerprint density at radius 3 is 2.38 bits per heavy atom. The maximum atomic E-state index is 5.62. The van der Waals surface area contributed by atoms with Gasteiger partial charge in [-0.15, -0.1) is 0 Å². The molecule has 74 valence electrons. The molecule has 0 fully saturated rings. The first kappa shape index (κ1) is 12.0. The second-order valence-corrected chi connectivity index (χ2v) is 3.28. The molecular formula is C12H21N. The average molecular weight is 179 g/mol. The monoisotopic (exact) mass is 179 g/mol. The number of allylic oxidation sites excluding steroid dienone is 4. The Morgan fingerprint density at radius 2 is 2.00 bits per heavy atom. The number of nitrogens with two attached hydrogens (primary N) is 1. The van der Waals surface area contributed by atoms with Gasteiger partial charge in [0.25, 0.3) is 0 Å². The van der Waals surface area contributed by atoms with Crippen LogP contribution in [-0.2, 0) is 0 Å². The molecule has 1 unspecified atom stereocenters. The molecule has 0 spiro atoms. The molecule has 1 atom stereocenters. The van der Waals surface area contributed by atoms with Crippen molar-refractivity contribution in [1.29, 1.82) is 0 Å². The van der Waals surface area contributed by atoms with Gasteiger partial charge in [0.1, 0.15) is 0 Å². The van der Waals surface area contributed by atoms with E-state index in [1.165, 1.54) is 12.0 Å². The smallest absolute Gasteiger partial charge is 0.0308 e. The largest absolute Gasteiger partial charge is 0.399 e. The maximum absolute atomic E-state index is 5.62. The van der Waals surface area contributed by atoms with Crippen LogP contribution in [0.15, 0.2) is 36.1 Å². The van der Waals surface area contributed by atoms with Gasteiger partial charge in [0, 0.05) is 5.70 Å². The normalized spacial score (nSPS) is 15.6. The lowest BCUT2D eigenvalue weighted by Crippen LogP contribution is -1.97. The topological polar surface area (TPSA) is 26.0 Å². The minimum Gasteiger partial charge on any atom is -0.399 e. The third-order valence-corrected chi connectivity index (χ3v) is 2.38. The highest BCUT2D eigenvalue weighted by Gasteiger charge is 2.02. The SMILES string of the molecule is C=C/C(N)=C\C=C(/CC)C(C)CC. The van der Waals surface area contributed by atoms with E-state index in [-0.39, 0.29) is 0 Å². The van der Waals surface area contributed by atoms with Gasteiger partial charge in [-0.3, -0.25) is 0 Å². The molecule has 0 aromatic rings. The van der Waals surface area contributed by atoms with E-state index >= 15 is 0 Å². The fraction of sp³-hybridized carbons (Fsp3) is 0.500. The van der Waals surface area contributed by atoms with E-state index < -0.39 is 0 Å². The summed E-state index contributed by atoms with van der Waals surface area (Å²) in [5, 5.41) is 0. The van der Waals surface area contributed by atoms with E-state index in [4.69, 9.17) is 5.73 Å². The van der Waals surface area contributed by atoms with Gasteiger partial charge in [-0.05, 0) is 30.9 Å². The van der Waals surface area contributed by atoms with Gasteiger partial charge in [0.2, 0.25) is 0 Å². The van der Waals surface area contributed by atoms with E-state index in [2.05, 4.69) is 33.4 Å². The van der Waals surface area contributed by atoms with Gasteiger partial charge in [-0.1, -0.05) is 39.0 Å². The summed E-state index contributed by atoms with van der Waals surface area (Å²) in [6.45, 7) is 10.2. The van der Waals surface area contributed by atoms with Crippen LogP contribution in [0.4, 0.5) is 0 Å². The molecule has 0 aromatic heterocycles. The molecule has 0 saturated carbocycles. The molecule has 0 aliphatic rings. The first-order valence-corrected chi connectivity index (χ1v) is 4.94. The third-order valence-electron chi connectivity index (χ3n) is 2.38. The van der Waals surface area contributed by atoms with Crippen molar-refractivity contribution in [2.45, 2.75) is 33.6 Å². The summed E-state index contributed by atoms with van der Waals surface area (Å²) in [7, 11) is 0. The lowest BCUT2D eigenvalue weighted by molar-refractivity contribution is 0.633. The average Bonchev–Trinajstić information content (AvgIpc) is 2.17. The Hall–Kier alpha value is -0.980. The third kappa shape index (κ3) is 4.56. The predicted octanol–water partition coefficient (Wildman–Crippen LogP) is 3.40. The fourth-order valence-corrected chi connectivity index (χ4v) is 1.16. The summed E-state index contributed by atoms with van der Waals surface area (Å²) in [6.07, 6.45) is 7.99. The summed E-state index contributed by atoms with van der Waals surface area (Å²) in [6, 6.07) is 0. The Balaban J connectivity index is 4.47. The highest BCUT2D eigenvalue weighted by Crippen LogP contribution is 2.17. The van der Waals surface area contributed by atoms with Gasteiger partial charge >= 0.3 is 0 Å². The zero-order valence-corrected chi connectivity index (χ0v) is 9.01. The number of hydrogen-bond donors (Lipinski definition) is 1. The lowest BCUT2D eigenvalue weighted by atomic mass is 9.96. The molecule has 0 aliphatic heterocycles. The van der Waals surface area contributed by atoms with Crippen molar-refractivity contribution in [2.75, 3.05) is 0 Å². The predicted molar refractivity (Wildman–Crippen MR) is 60.3 cm³/mol. The second kappa shape index (κ2) is 6.53. The van der Waals surface area contributed by atoms with Gasteiger partial charge in [-0.2, -0.15) is 0 Å². The van der Waals surface area contributed by atoms with Crippen LogP contribution in [0, 0.1) is 5.92 Å². The van der Waals surface area contributed by atoms with Crippen LogP contribution >= 0.6 is 0 Å². The zero-order valence-electron chi connectivity index (χ0n) is 9.01. The van der Waals surface area contributed by atoms with Crippen molar-refractivity contribution < 1.29 is 0 Å². The summed E-state index contributed by atoms with van der Waals surface area (Å²) in [4.78, 5) is 0. The van der Waals surface area contributed by atoms with Crippen LogP contribution in [0.5, 0.6) is 0 Å². The quantitative estimate of drug-likeness (QED) is 0.643. The van der Waals surface area contributed by atoms with E-state index in [1.807, 2.05) is 6.08 Å². The first-order chi connectivity index (χ1) is 6.15. The van der Waals surface area contributed by atoms with Crippen molar-refractivity contribution in [2.24, 2.45) is 11.7 Å². The zero-order chi connectivity index (χ0) is 10.3. The number of rotatable bonds is 5. The standard InChI is InChI=1S/C12H21N/c1-5-10(4)11(6-2)8-9-12(13)7-3/h7-10H,3,5-6,13H2,1-2,4H3/b11-8+,12-9+. The Morgan fingerprint density at radius 1 is 1.38 bits per heavy atom. The molecule has 1 heteroatoms. The molecule has 0 aliphatic carbocycles. The second-order valence-electron chi connectivity index (χ2n) is 3.28. The maximum Gasteiger partial charge on any atom is 0.0308 e. The van der Waals surface area contributed by atoms with E-state index in [0.29, 0.717) is 5.92 Å².